The second-order valence-electron chi connectivity index (χ2n) is 5.52. The third-order valence-corrected chi connectivity index (χ3v) is 3.91. The van der Waals surface area contributed by atoms with Crippen LogP contribution in [0.2, 0.25) is 0 Å². The number of anilines is 1. The summed E-state index contributed by atoms with van der Waals surface area (Å²) in [4.78, 5) is 11.1. The number of piperidine rings is 1. The minimum atomic E-state index is 0.345. The van der Waals surface area contributed by atoms with Gasteiger partial charge in [0, 0.05) is 30.9 Å². The Bertz CT molecular complexity index is 391. The summed E-state index contributed by atoms with van der Waals surface area (Å²) in [5.74, 6) is 2.08. The SMILES string of the molecule is CCC1CN(c2cc(C(C)C)ncn2)CCC1N. The Balaban J connectivity index is 2.14. The molecule has 0 spiro atoms. The Morgan fingerprint density at radius 2 is 2.22 bits per heavy atom. The molecule has 2 heterocycles. The Morgan fingerprint density at radius 3 is 2.89 bits per heavy atom. The molecule has 0 bridgehead atoms. The van der Waals surface area contributed by atoms with Crippen LogP contribution in [0.15, 0.2) is 12.4 Å². The van der Waals surface area contributed by atoms with Gasteiger partial charge < -0.3 is 10.6 Å². The van der Waals surface area contributed by atoms with E-state index < -0.39 is 0 Å². The first-order chi connectivity index (χ1) is 8.61. The molecule has 0 amide bonds. The van der Waals surface area contributed by atoms with E-state index in [-0.39, 0.29) is 0 Å². The molecular weight excluding hydrogens is 224 g/mol. The molecule has 2 unspecified atom stereocenters. The van der Waals surface area contributed by atoms with Gasteiger partial charge in [-0.15, -0.1) is 0 Å². The van der Waals surface area contributed by atoms with Gasteiger partial charge in [0.25, 0.3) is 0 Å². The van der Waals surface area contributed by atoms with Crippen molar-refractivity contribution >= 4 is 5.82 Å². The van der Waals surface area contributed by atoms with Crippen molar-refractivity contribution in [3.63, 3.8) is 0 Å². The van der Waals surface area contributed by atoms with Crippen molar-refractivity contribution in [1.29, 1.82) is 0 Å². The van der Waals surface area contributed by atoms with Crippen LogP contribution in [0, 0.1) is 5.92 Å². The predicted octanol–water partition coefficient (Wildman–Crippen LogP) is 2.16. The molecule has 18 heavy (non-hydrogen) atoms. The highest BCUT2D eigenvalue weighted by Gasteiger charge is 2.26. The van der Waals surface area contributed by atoms with Crippen molar-refractivity contribution in [1.82, 2.24) is 9.97 Å². The van der Waals surface area contributed by atoms with Crippen molar-refractivity contribution < 1.29 is 0 Å². The molecule has 1 aliphatic heterocycles. The van der Waals surface area contributed by atoms with Gasteiger partial charge in [-0.1, -0.05) is 27.2 Å². The number of hydrogen-bond acceptors (Lipinski definition) is 4. The molecule has 1 aromatic heterocycles. The summed E-state index contributed by atoms with van der Waals surface area (Å²) in [6, 6.07) is 2.46. The first-order valence-electron chi connectivity index (χ1n) is 6.94. The van der Waals surface area contributed by atoms with Crippen LogP contribution >= 0.6 is 0 Å². The zero-order valence-electron chi connectivity index (χ0n) is 11.6. The van der Waals surface area contributed by atoms with Crippen LogP contribution in [0.5, 0.6) is 0 Å². The molecule has 0 saturated carbocycles. The van der Waals surface area contributed by atoms with E-state index in [4.69, 9.17) is 5.73 Å². The molecule has 4 heteroatoms. The van der Waals surface area contributed by atoms with E-state index >= 15 is 0 Å². The summed E-state index contributed by atoms with van der Waals surface area (Å²) in [5, 5.41) is 0. The molecule has 1 saturated heterocycles. The Kier molecular flexibility index (Phi) is 4.17. The summed E-state index contributed by atoms with van der Waals surface area (Å²) in [6.45, 7) is 8.56. The largest absolute Gasteiger partial charge is 0.356 e. The van der Waals surface area contributed by atoms with Crippen molar-refractivity contribution in [2.45, 2.75) is 45.6 Å². The minimum absolute atomic E-state index is 0.345. The fraction of sp³-hybridized carbons (Fsp3) is 0.714. The molecule has 0 aromatic carbocycles. The molecule has 2 N–H and O–H groups in total. The van der Waals surface area contributed by atoms with Gasteiger partial charge in [-0.25, -0.2) is 9.97 Å². The first kappa shape index (κ1) is 13.3. The lowest BCUT2D eigenvalue weighted by Gasteiger charge is -2.37. The van der Waals surface area contributed by atoms with Gasteiger partial charge in [0.05, 0.1) is 0 Å². The fourth-order valence-electron chi connectivity index (χ4n) is 2.54. The number of aromatic nitrogens is 2. The second-order valence-corrected chi connectivity index (χ2v) is 5.52. The Labute approximate surface area is 110 Å². The van der Waals surface area contributed by atoms with Gasteiger partial charge in [-0.3, -0.25) is 0 Å². The van der Waals surface area contributed by atoms with Crippen molar-refractivity contribution in [3.8, 4) is 0 Å². The molecule has 4 nitrogen and oxygen atoms in total. The van der Waals surface area contributed by atoms with Crippen molar-refractivity contribution in [2.75, 3.05) is 18.0 Å². The van der Waals surface area contributed by atoms with Gasteiger partial charge in [0.15, 0.2) is 0 Å². The standard InChI is InChI=1S/C14H24N4/c1-4-11-8-18(6-5-12(11)15)14-7-13(10(2)3)16-9-17-14/h7,9-12H,4-6,8,15H2,1-3H3. The summed E-state index contributed by atoms with van der Waals surface area (Å²) in [6.07, 6.45) is 3.87. The summed E-state index contributed by atoms with van der Waals surface area (Å²) >= 11 is 0. The van der Waals surface area contributed by atoms with E-state index in [1.54, 1.807) is 6.33 Å². The predicted molar refractivity (Wildman–Crippen MR) is 74.7 cm³/mol. The van der Waals surface area contributed by atoms with Crippen LogP contribution in [0.1, 0.15) is 45.2 Å². The van der Waals surface area contributed by atoms with E-state index in [1.807, 2.05) is 0 Å². The molecule has 1 aromatic rings. The van der Waals surface area contributed by atoms with Crippen molar-refractivity contribution in [3.05, 3.63) is 18.1 Å². The maximum atomic E-state index is 6.15. The molecular formula is C14H24N4. The number of hydrogen-bond donors (Lipinski definition) is 1. The summed E-state index contributed by atoms with van der Waals surface area (Å²) in [7, 11) is 0. The first-order valence-corrected chi connectivity index (χ1v) is 6.94. The normalized spacial score (nSPS) is 24.6. The minimum Gasteiger partial charge on any atom is -0.356 e. The smallest absolute Gasteiger partial charge is 0.132 e. The number of rotatable bonds is 3. The van der Waals surface area contributed by atoms with Crippen molar-refractivity contribution in [2.24, 2.45) is 11.7 Å². The molecule has 0 aliphatic carbocycles. The molecule has 1 aliphatic rings. The third-order valence-electron chi connectivity index (χ3n) is 3.91. The molecule has 100 valence electrons. The quantitative estimate of drug-likeness (QED) is 0.890. The third kappa shape index (κ3) is 2.80. The van der Waals surface area contributed by atoms with E-state index in [1.165, 1.54) is 0 Å². The highest BCUT2D eigenvalue weighted by atomic mass is 15.2. The van der Waals surface area contributed by atoms with Crippen LogP contribution in [-0.4, -0.2) is 29.1 Å². The highest BCUT2D eigenvalue weighted by Crippen LogP contribution is 2.24. The maximum absolute atomic E-state index is 6.15. The van der Waals surface area contributed by atoms with Crippen LogP contribution in [-0.2, 0) is 0 Å². The van der Waals surface area contributed by atoms with E-state index in [2.05, 4.69) is 41.7 Å². The Morgan fingerprint density at radius 1 is 1.44 bits per heavy atom. The lowest BCUT2D eigenvalue weighted by molar-refractivity contribution is 0.346. The van der Waals surface area contributed by atoms with E-state index in [0.29, 0.717) is 17.9 Å². The molecule has 1 fully saturated rings. The van der Waals surface area contributed by atoms with Gasteiger partial charge in [-0.05, 0) is 18.3 Å². The second kappa shape index (κ2) is 5.65. The van der Waals surface area contributed by atoms with Gasteiger partial charge in [0.1, 0.15) is 12.1 Å². The molecule has 0 radical (unpaired) electrons. The van der Waals surface area contributed by atoms with Crippen LogP contribution in [0.25, 0.3) is 0 Å². The van der Waals surface area contributed by atoms with E-state index in [9.17, 15) is 0 Å². The number of nitrogens with two attached hydrogens (primary N) is 1. The zero-order valence-corrected chi connectivity index (χ0v) is 11.6. The topological polar surface area (TPSA) is 55.0 Å². The van der Waals surface area contributed by atoms with Gasteiger partial charge in [0.2, 0.25) is 0 Å². The fourth-order valence-corrected chi connectivity index (χ4v) is 2.54. The lowest BCUT2D eigenvalue weighted by atomic mass is 9.91. The summed E-state index contributed by atoms with van der Waals surface area (Å²) < 4.78 is 0. The van der Waals surface area contributed by atoms with Crippen LogP contribution < -0.4 is 10.6 Å². The van der Waals surface area contributed by atoms with Gasteiger partial charge in [-0.2, -0.15) is 0 Å². The van der Waals surface area contributed by atoms with Gasteiger partial charge >= 0.3 is 0 Å². The Hall–Kier alpha value is -1.16. The number of nitrogens with zero attached hydrogens (tertiary/aromatic N) is 3. The summed E-state index contributed by atoms with van der Waals surface area (Å²) in [5.41, 5.74) is 7.26. The maximum Gasteiger partial charge on any atom is 0.132 e. The van der Waals surface area contributed by atoms with E-state index in [0.717, 1.165) is 37.4 Å². The highest BCUT2D eigenvalue weighted by molar-refractivity contribution is 5.40. The average Bonchev–Trinajstić information content (AvgIpc) is 2.39. The monoisotopic (exact) mass is 248 g/mol. The van der Waals surface area contributed by atoms with Crippen LogP contribution in [0.4, 0.5) is 5.82 Å². The molecule has 2 atom stereocenters. The average molecular weight is 248 g/mol. The molecule has 2 rings (SSSR count). The van der Waals surface area contributed by atoms with Crippen LogP contribution in [0.3, 0.4) is 0 Å². The lowest BCUT2D eigenvalue weighted by Crippen LogP contribution is -2.47. The zero-order chi connectivity index (χ0) is 13.1.